The second-order valence-electron chi connectivity index (χ2n) is 4.31. The first kappa shape index (κ1) is 16.7. The van der Waals surface area contributed by atoms with E-state index < -0.39 is 46.0 Å². The molecule has 21 heavy (non-hydrogen) atoms. The maximum Gasteiger partial charge on any atom is 0.341 e. The van der Waals surface area contributed by atoms with Gasteiger partial charge >= 0.3 is 5.97 Å². The van der Waals surface area contributed by atoms with E-state index in [0.29, 0.717) is 6.07 Å². The second kappa shape index (κ2) is 6.43. The van der Waals surface area contributed by atoms with Crippen molar-refractivity contribution in [2.24, 2.45) is 0 Å². The van der Waals surface area contributed by atoms with Crippen molar-refractivity contribution in [1.29, 1.82) is 0 Å². The molecule has 4 nitrogen and oxygen atoms in total. The van der Waals surface area contributed by atoms with Crippen LogP contribution in [0.3, 0.4) is 0 Å². The summed E-state index contributed by atoms with van der Waals surface area (Å²) in [5.74, 6) is -6.30. The molecule has 0 unspecified atom stereocenters. The molecule has 1 aromatic carbocycles. The van der Waals surface area contributed by atoms with Crippen LogP contribution in [0.25, 0.3) is 0 Å². The van der Waals surface area contributed by atoms with Gasteiger partial charge in [0.2, 0.25) is 5.78 Å². The number of ether oxygens (including phenoxy) is 1. The van der Waals surface area contributed by atoms with E-state index >= 15 is 0 Å². The zero-order valence-electron chi connectivity index (χ0n) is 11.8. The Morgan fingerprint density at radius 1 is 1.24 bits per heavy atom. The van der Waals surface area contributed by atoms with Crippen molar-refractivity contribution in [3.63, 3.8) is 0 Å². The fourth-order valence-corrected chi connectivity index (χ4v) is 1.62. The number of carbonyl (C=O) groups excluding carboxylic acids is 2. The molecule has 114 valence electrons. The molecule has 0 aliphatic heterocycles. The molecule has 0 bridgehead atoms. The van der Waals surface area contributed by atoms with E-state index in [1.54, 1.807) is 0 Å². The third-order valence-corrected chi connectivity index (χ3v) is 2.62. The molecule has 0 aliphatic rings. The van der Waals surface area contributed by atoms with Gasteiger partial charge in [0.15, 0.2) is 17.5 Å². The quantitative estimate of drug-likeness (QED) is 0.209. The van der Waals surface area contributed by atoms with Crippen molar-refractivity contribution in [3.05, 3.63) is 41.2 Å². The van der Waals surface area contributed by atoms with Gasteiger partial charge in [0, 0.05) is 14.1 Å². The Kier molecular flexibility index (Phi) is 5.12. The van der Waals surface area contributed by atoms with Crippen LogP contribution in [0.1, 0.15) is 17.3 Å². The van der Waals surface area contributed by atoms with E-state index in [-0.39, 0.29) is 6.61 Å². The lowest BCUT2D eigenvalue weighted by Gasteiger charge is -2.17. The molecular formula is C14H14F3NO3. The Morgan fingerprint density at radius 2 is 1.81 bits per heavy atom. The Bertz CT molecular complexity index is 612. The predicted octanol–water partition coefficient (Wildman–Crippen LogP) is 2.47. The van der Waals surface area contributed by atoms with Gasteiger partial charge in [-0.3, -0.25) is 4.79 Å². The number of nitrogens with zero attached hydrogens (tertiary/aromatic N) is 1. The summed E-state index contributed by atoms with van der Waals surface area (Å²) in [6, 6.07) is 0.393. The lowest BCUT2D eigenvalue weighted by Crippen LogP contribution is -2.20. The zero-order valence-corrected chi connectivity index (χ0v) is 11.8. The summed E-state index contributed by atoms with van der Waals surface area (Å²) in [4.78, 5) is 24.4. The lowest BCUT2D eigenvalue weighted by molar-refractivity contribution is -0.138. The van der Waals surface area contributed by atoms with E-state index in [0.717, 1.165) is 4.90 Å². The average Bonchev–Trinajstić information content (AvgIpc) is 2.41. The second-order valence-corrected chi connectivity index (χ2v) is 4.31. The average molecular weight is 301 g/mol. The first-order valence-electron chi connectivity index (χ1n) is 5.97. The monoisotopic (exact) mass is 301 g/mol. The van der Waals surface area contributed by atoms with E-state index in [2.05, 4.69) is 11.3 Å². The van der Waals surface area contributed by atoms with Crippen LogP contribution in [0.5, 0.6) is 0 Å². The number of anilines is 1. The molecule has 1 rings (SSSR count). The summed E-state index contributed by atoms with van der Waals surface area (Å²) in [5.41, 5.74) is -2.16. The molecular weight excluding hydrogens is 287 g/mol. The molecule has 0 fully saturated rings. The van der Waals surface area contributed by atoms with E-state index in [9.17, 15) is 22.8 Å². The normalized spacial score (nSPS) is 10.2. The van der Waals surface area contributed by atoms with E-state index in [1.165, 1.54) is 21.0 Å². The van der Waals surface area contributed by atoms with Crippen LogP contribution < -0.4 is 4.90 Å². The molecule has 0 N–H and O–H groups in total. The molecule has 1 aromatic rings. The number of hydrogen-bond donors (Lipinski definition) is 0. The molecule has 0 amide bonds. The Hall–Kier alpha value is -2.31. The number of hydrogen-bond acceptors (Lipinski definition) is 4. The molecule has 0 heterocycles. The fourth-order valence-electron chi connectivity index (χ4n) is 1.62. The molecule has 7 heteroatoms. The van der Waals surface area contributed by atoms with Crippen molar-refractivity contribution in [3.8, 4) is 0 Å². The number of rotatable bonds is 5. The largest absolute Gasteiger partial charge is 0.462 e. The van der Waals surface area contributed by atoms with Gasteiger partial charge in [-0.05, 0) is 13.0 Å². The summed E-state index contributed by atoms with van der Waals surface area (Å²) < 4.78 is 45.8. The summed E-state index contributed by atoms with van der Waals surface area (Å²) >= 11 is 0. The smallest absolute Gasteiger partial charge is 0.341 e. The van der Waals surface area contributed by atoms with Crippen LogP contribution in [0.15, 0.2) is 18.2 Å². The Morgan fingerprint density at radius 3 is 2.29 bits per heavy atom. The topological polar surface area (TPSA) is 46.6 Å². The summed E-state index contributed by atoms with van der Waals surface area (Å²) in [7, 11) is 2.57. The highest BCUT2D eigenvalue weighted by Crippen LogP contribution is 2.28. The lowest BCUT2D eigenvalue weighted by atomic mass is 10.0. The van der Waals surface area contributed by atoms with Crippen molar-refractivity contribution in [2.75, 3.05) is 25.6 Å². The van der Waals surface area contributed by atoms with Gasteiger partial charge in [0.05, 0.1) is 12.2 Å². The van der Waals surface area contributed by atoms with Gasteiger partial charge in [0.1, 0.15) is 11.3 Å². The summed E-state index contributed by atoms with van der Waals surface area (Å²) in [6.45, 7) is 4.70. The number of benzene rings is 1. The number of Topliss-reactive ketones (excluding diaryl/α,β-unsaturated/α-hetero) is 1. The fraction of sp³-hybridized carbons (Fsp3) is 0.286. The van der Waals surface area contributed by atoms with Crippen molar-refractivity contribution in [2.45, 2.75) is 6.92 Å². The molecule has 0 radical (unpaired) electrons. The van der Waals surface area contributed by atoms with Gasteiger partial charge in [-0.15, -0.1) is 0 Å². The van der Waals surface area contributed by atoms with Crippen LogP contribution in [-0.2, 0) is 9.53 Å². The molecule has 0 atom stereocenters. The highest BCUT2D eigenvalue weighted by atomic mass is 19.2. The van der Waals surface area contributed by atoms with Crippen LogP contribution in [0, 0.1) is 17.5 Å². The van der Waals surface area contributed by atoms with Crippen LogP contribution in [0.2, 0.25) is 0 Å². The van der Waals surface area contributed by atoms with Crippen molar-refractivity contribution in [1.82, 2.24) is 0 Å². The first-order chi connectivity index (χ1) is 9.72. The molecule has 0 aliphatic carbocycles. The van der Waals surface area contributed by atoms with E-state index in [4.69, 9.17) is 0 Å². The van der Waals surface area contributed by atoms with Crippen molar-refractivity contribution >= 4 is 17.4 Å². The maximum atomic E-state index is 14.2. The van der Waals surface area contributed by atoms with Crippen LogP contribution in [-0.4, -0.2) is 32.5 Å². The Balaban J connectivity index is 3.35. The minimum Gasteiger partial charge on any atom is -0.462 e. The van der Waals surface area contributed by atoms with Gasteiger partial charge < -0.3 is 9.64 Å². The number of carbonyl (C=O) groups is 2. The number of ketones is 1. The number of esters is 1. The standard InChI is InChI=1S/C14H14F3NO3/c1-5-21-14(20)7(2)13(19)8-6-9(15)11(17)12(10(8)16)18(3)4/h6H,2,5H2,1,3-4H3. The molecule has 0 saturated carbocycles. The Labute approximate surface area is 119 Å². The molecule has 0 saturated heterocycles. The van der Waals surface area contributed by atoms with Gasteiger partial charge in [-0.1, -0.05) is 6.58 Å². The molecule has 0 spiro atoms. The van der Waals surface area contributed by atoms with Crippen LogP contribution in [0.4, 0.5) is 18.9 Å². The molecule has 0 aromatic heterocycles. The minimum absolute atomic E-state index is 0.00561. The minimum atomic E-state index is -1.42. The van der Waals surface area contributed by atoms with Gasteiger partial charge in [-0.25, -0.2) is 18.0 Å². The highest BCUT2D eigenvalue weighted by molar-refractivity contribution is 6.24. The number of halogens is 3. The third-order valence-electron chi connectivity index (χ3n) is 2.62. The zero-order chi connectivity index (χ0) is 16.3. The van der Waals surface area contributed by atoms with E-state index in [1.807, 2.05) is 0 Å². The third kappa shape index (κ3) is 3.24. The summed E-state index contributed by atoms with van der Waals surface area (Å²) in [6.07, 6.45) is 0. The van der Waals surface area contributed by atoms with Crippen molar-refractivity contribution < 1.29 is 27.5 Å². The maximum absolute atomic E-state index is 14.2. The van der Waals surface area contributed by atoms with Crippen LogP contribution >= 0.6 is 0 Å². The first-order valence-corrected chi connectivity index (χ1v) is 5.97. The predicted molar refractivity (Wildman–Crippen MR) is 70.7 cm³/mol. The van der Waals surface area contributed by atoms with Gasteiger partial charge in [0.25, 0.3) is 0 Å². The van der Waals surface area contributed by atoms with Gasteiger partial charge in [-0.2, -0.15) is 0 Å². The highest BCUT2D eigenvalue weighted by Gasteiger charge is 2.27. The SMILES string of the molecule is C=C(C(=O)OCC)C(=O)c1cc(F)c(F)c(N(C)C)c1F. The summed E-state index contributed by atoms with van der Waals surface area (Å²) in [5, 5.41) is 0.